The molecule has 9 heteroatoms. The Morgan fingerprint density at radius 3 is 1.52 bits per heavy atom. The molecule has 8 nitrogen and oxygen atoms in total. The molecule has 0 fully saturated rings. The van der Waals surface area contributed by atoms with Crippen molar-refractivity contribution >= 4 is 24.4 Å². The van der Waals surface area contributed by atoms with Gasteiger partial charge in [0.15, 0.2) is 0 Å². The minimum Gasteiger partial charge on any atom is -0.507 e. The Hall–Kier alpha value is -3.17. The normalized spacial score (nSPS) is 12.6. The van der Waals surface area contributed by atoms with Gasteiger partial charge in [-0.05, 0) is 60.3 Å². The van der Waals surface area contributed by atoms with Crippen LogP contribution in [-0.2, 0) is 42.6 Å². The molecule has 0 saturated heterocycles. The molecule has 2 rings (SSSR count). The summed E-state index contributed by atoms with van der Waals surface area (Å²) in [6.45, 7) is 25.7. The number of rotatable bonds is 5. The number of aryl methyl sites for hydroxylation is 1. The topological polar surface area (TPSA) is 140 Å². The van der Waals surface area contributed by atoms with E-state index in [0.717, 1.165) is 27.8 Å². The van der Waals surface area contributed by atoms with E-state index in [1.165, 1.54) is 5.56 Å². The Morgan fingerprint density at radius 1 is 0.690 bits per heavy atom. The summed E-state index contributed by atoms with van der Waals surface area (Å²) in [5, 5.41) is 36.6. The summed E-state index contributed by atoms with van der Waals surface area (Å²) in [5.74, 6) is -3.08. The van der Waals surface area contributed by atoms with Crippen LogP contribution >= 0.6 is 0 Å². The van der Waals surface area contributed by atoms with Gasteiger partial charge < -0.3 is 20.4 Å². The van der Waals surface area contributed by atoms with Gasteiger partial charge in [0, 0.05) is 51.5 Å². The third kappa shape index (κ3) is 11.6. The average molecular weight is 628 g/mol. The summed E-state index contributed by atoms with van der Waals surface area (Å²) in [7, 11) is 0. The largest absolute Gasteiger partial charge is 0.507 e. The Balaban J connectivity index is 0.00000217. The summed E-state index contributed by atoms with van der Waals surface area (Å²) in [4.78, 5) is 27.6. The van der Waals surface area contributed by atoms with Crippen molar-refractivity contribution in [1.82, 2.24) is 0 Å². The first-order chi connectivity index (χ1) is 18.4. The van der Waals surface area contributed by atoms with Crippen LogP contribution in [0.15, 0.2) is 34.3 Å². The molecule has 0 atom stereocenters. The van der Waals surface area contributed by atoms with Crippen molar-refractivity contribution in [1.29, 1.82) is 0 Å². The van der Waals surface area contributed by atoms with Gasteiger partial charge in [-0.15, -0.1) is 0 Å². The molecule has 2 aromatic rings. The van der Waals surface area contributed by atoms with Crippen LogP contribution in [0.3, 0.4) is 0 Å². The first-order valence-corrected chi connectivity index (χ1v) is 13.6. The Bertz CT molecular complexity index is 1310. The van der Waals surface area contributed by atoms with Gasteiger partial charge in [-0.3, -0.25) is 9.98 Å². The summed E-state index contributed by atoms with van der Waals surface area (Å²) in [5.41, 5.74) is 4.69. The van der Waals surface area contributed by atoms with Crippen LogP contribution in [0.2, 0.25) is 0 Å². The smallest absolute Gasteiger partial charge is 0.414 e. The molecule has 42 heavy (non-hydrogen) atoms. The van der Waals surface area contributed by atoms with Gasteiger partial charge in [0.2, 0.25) is 0 Å². The first-order valence-electron chi connectivity index (χ1n) is 13.6. The third-order valence-electron chi connectivity index (χ3n) is 6.35. The van der Waals surface area contributed by atoms with Crippen molar-refractivity contribution in [2.75, 3.05) is 6.54 Å². The number of benzene rings is 2. The molecule has 0 saturated carbocycles. The number of phenolic OH excluding ortho intramolecular Hbond substituents is 2. The minimum atomic E-state index is -1.82. The van der Waals surface area contributed by atoms with E-state index in [1.807, 2.05) is 39.0 Å². The zero-order chi connectivity index (χ0) is 32.1. The quantitative estimate of drug-likeness (QED) is 0.213. The summed E-state index contributed by atoms with van der Waals surface area (Å²) in [6.07, 6.45) is 3.52. The number of phenols is 2. The number of hydrogen-bond acceptors (Lipinski definition) is 6. The second-order valence-electron chi connectivity index (χ2n) is 14.1. The van der Waals surface area contributed by atoms with Gasteiger partial charge in [-0.1, -0.05) is 74.4 Å². The zero-order valence-corrected chi connectivity index (χ0v) is 28.0. The number of aliphatic carboxylic acids is 2. The summed E-state index contributed by atoms with van der Waals surface area (Å²) >= 11 is 0. The number of hydrogen-bond donors (Lipinski definition) is 4. The van der Waals surface area contributed by atoms with E-state index >= 15 is 0 Å². The van der Waals surface area contributed by atoms with E-state index in [1.54, 1.807) is 12.4 Å². The van der Waals surface area contributed by atoms with Crippen LogP contribution in [0.1, 0.15) is 110 Å². The van der Waals surface area contributed by atoms with Gasteiger partial charge in [-0.25, -0.2) is 9.59 Å². The van der Waals surface area contributed by atoms with E-state index in [9.17, 15) is 10.2 Å². The summed E-state index contributed by atoms with van der Waals surface area (Å²) < 4.78 is 0. The molecule has 0 amide bonds. The molecular formula is C33H48CoN2O6. The number of carboxylic acid groups (broad SMARTS) is 2. The zero-order valence-electron chi connectivity index (χ0n) is 27.0. The van der Waals surface area contributed by atoms with Crippen LogP contribution in [-0.4, -0.2) is 56.9 Å². The Kier molecular flexibility index (Phi) is 13.2. The molecule has 0 spiro atoms. The van der Waals surface area contributed by atoms with Crippen molar-refractivity contribution in [3.8, 4) is 11.5 Å². The van der Waals surface area contributed by atoms with E-state index < -0.39 is 17.5 Å². The third-order valence-corrected chi connectivity index (χ3v) is 6.35. The Morgan fingerprint density at radius 2 is 1.12 bits per heavy atom. The van der Waals surface area contributed by atoms with E-state index in [2.05, 4.69) is 73.4 Å². The van der Waals surface area contributed by atoms with Crippen LogP contribution < -0.4 is 0 Å². The Labute approximate surface area is 261 Å². The number of nitrogens with zero attached hydrogens (tertiary/aromatic N) is 2. The maximum atomic E-state index is 11.0. The van der Waals surface area contributed by atoms with E-state index in [4.69, 9.17) is 24.8 Å². The number of carboxylic acids is 2. The van der Waals surface area contributed by atoms with Crippen molar-refractivity contribution in [3.05, 3.63) is 57.6 Å². The molecule has 0 aliphatic rings. The van der Waals surface area contributed by atoms with Crippen LogP contribution in [0.25, 0.3) is 0 Å². The van der Waals surface area contributed by atoms with Crippen LogP contribution in [0.5, 0.6) is 11.5 Å². The van der Waals surface area contributed by atoms with Crippen molar-refractivity contribution in [2.24, 2.45) is 9.98 Å². The molecule has 0 unspecified atom stereocenters. The van der Waals surface area contributed by atoms with Gasteiger partial charge >= 0.3 is 11.9 Å². The molecule has 0 aliphatic heterocycles. The molecule has 4 N–H and O–H groups in total. The predicted molar refractivity (Wildman–Crippen MR) is 166 cm³/mol. The molecule has 0 aromatic heterocycles. The second kappa shape index (κ2) is 14.3. The van der Waals surface area contributed by atoms with Crippen molar-refractivity contribution in [2.45, 2.75) is 105 Å². The van der Waals surface area contributed by atoms with Crippen molar-refractivity contribution in [3.63, 3.8) is 0 Å². The van der Waals surface area contributed by atoms with Crippen molar-refractivity contribution < 1.29 is 46.8 Å². The van der Waals surface area contributed by atoms with E-state index in [0.29, 0.717) is 6.54 Å². The van der Waals surface area contributed by atoms with E-state index in [-0.39, 0.29) is 44.5 Å². The van der Waals surface area contributed by atoms with Gasteiger partial charge in [-0.2, -0.15) is 0 Å². The maximum absolute atomic E-state index is 11.0. The fraction of sp³-hybridized carbons (Fsp3) is 0.515. The maximum Gasteiger partial charge on any atom is 0.414 e. The van der Waals surface area contributed by atoms with Crippen LogP contribution in [0, 0.1) is 6.92 Å². The molecule has 0 heterocycles. The fourth-order valence-corrected chi connectivity index (χ4v) is 3.89. The molecule has 235 valence electrons. The van der Waals surface area contributed by atoms with Gasteiger partial charge in [0.25, 0.3) is 0 Å². The standard InChI is InChI=1S/C31H46N2O2.C2H2O4.Co/c1-20-13-21(26(34)24(14-20)29(5,6)7)17-32-19-31(11,12)33-18-22-15-23(28(2,3)4)16-25(27(22)35)30(8,9)10;3-1(4)2(5)6;/h13-18,34-35H,19H2,1-12H3;(H,3,4)(H,5,6);. The molecule has 0 aliphatic carbocycles. The molecular weight excluding hydrogens is 579 g/mol. The second-order valence-corrected chi connectivity index (χ2v) is 14.1. The number of aliphatic imine (C=N–C) groups is 2. The van der Waals surface area contributed by atoms with Gasteiger partial charge in [0.05, 0.1) is 12.1 Å². The fourth-order valence-electron chi connectivity index (χ4n) is 3.89. The molecule has 2 aromatic carbocycles. The summed E-state index contributed by atoms with van der Waals surface area (Å²) in [6, 6.07) is 8.13. The molecule has 1 radical (unpaired) electrons. The SMILES string of the molecule is Cc1cc(C=NCC(C)(C)N=Cc2cc(C(C)(C)C)cc(C(C)(C)C)c2O)c(O)c(C(C)(C)C)c1.O=C(O)C(=O)O.[Co]. The molecule has 0 bridgehead atoms. The minimum absolute atomic E-state index is 0. The first kappa shape index (κ1) is 38.8. The number of aromatic hydroxyl groups is 2. The predicted octanol–water partition coefficient (Wildman–Crippen LogP) is 6.77. The van der Waals surface area contributed by atoms with Gasteiger partial charge in [0.1, 0.15) is 11.5 Å². The monoisotopic (exact) mass is 627 g/mol. The number of carbonyl (C=O) groups is 2. The van der Waals surface area contributed by atoms with Crippen LogP contribution in [0.4, 0.5) is 0 Å². The average Bonchev–Trinajstić information content (AvgIpc) is 2.78.